The fraction of sp³-hybridized carbons (Fsp3) is 0.316. The number of aromatic nitrogens is 4. The molecule has 0 saturated carbocycles. The van der Waals surface area contributed by atoms with Gasteiger partial charge in [0.05, 0.1) is 4.90 Å². The van der Waals surface area contributed by atoms with Gasteiger partial charge in [-0.15, -0.1) is 0 Å². The van der Waals surface area contributed by atoms with Gasteiger partial charge in [0.1, 0.15) is 11.6 Å². The van der Waals surface area contributed by atoms with E-state index in [0.29, 0.717) is 48.4 Å². The average Bonchev–Trinajstić information content (AvgIpc) is 3.24. The van der Waals surface area contributed by atoms with E-state index in [4.69, 9.17) is 11.6 Å². The third-order valence-electron chi connectivity index (χ3n) is 4.95. The van der Waals surface area contributed by atoms with Gasteiger partial charge in [-0.25, -0.2) is 23.1 Å². The van der Waals surface area contributed by atoms with E-state index in [1.54, 1.807) is 36.0 Å². The Balaban J connectivity index is 1.53. The van der Waals surface area contributed by atoms with Gasteiger partial charge in [0, 0.05) is 49.7 Å². The second-order valence-corrected chi connectivity index (χ2v) is 9.15. The molecule has 0 N–H and O–H groups in total. The molecule has 2 aromatic heterocycles. The largest absolute Gasteiger partial charge is 0.354 e. The van der Waals surface area contributed by atoms with Crippen molar-refractivity contribution in [3.05, 3.63) is 59.1 Å². The number of rotatable bonds is 4. The standard InChI is InChI=1S/C19H21ClN6O2S/c1-14-16(20)5-3-6-17(14)29(27,28)25-11-9-24(10-12-25)18-13-19(23-15(2)22-18)26-8-4-7-21-26/h3-8,13H,9-12H2,1-2H3. The summed E-state index contributed by atoms with van der Waals surface area (Å²) in [5, 5.41) is 4.67. The first kappa shape index (κ1) is 19.8. The second kappa shape index (κ2) is 7.74. The lowest BCUT2D eigenvalue weighted by Crippen LogP contribution is -2.49. The van der Waals surface area contributed by atoms with Gasteiger partial charge in [-0.05, 0) is 37.6 Å². The number of anilines is 1. The highest BCUT2D eigenvalue weighted by Crippen LogP contribution is 2.27. The summed E-state index contributed by atoms with van der Waals surface area (Å²) in [6.07, 6.45) is 3.52. The number of piperazine rings is 1. The van der Waals surface area contributed by atoms with E-state index in [0.717, 1.165) is 5.82 Å². The number of aryl methyl sites for hydroxylation is 1. The van der Waals surface area contributed by atoms with E-state index in [1.807, 2.05) is 25.3 Å². The van der Waals surface area contributed by atoms with E-state index < -0.39 is 10.0 Å². The van der Waals surface area contributed by atoms with Crippen LogP contribution in [0.5, 0.6) is 0 Å². The molecule has 152 valence electrons. The lowest BCUT2D eigenvalue weighted by Gasteiger charge is -2.35. The highest BCUT2D eigenvalue weighted by molar-refractivity contribution is 7.89. The van der Waals surface area contributed by atoms with Crippen LogP contribution >= 0.6 is 11.6 Å². The number of nitrogens with zero attached hydrogens (tertiary/aromatic N) is 6. The minimum absolute atomic E-state index is 0.261. The Hall–Kier alpha value is -2.49. The van der Waals surface area contributed by atoms with Crippen LogP contribution < -0.4 is 4.90 Å². The van der Waals surface area contributed by atoms with Gasteiger partial charge in [-0.3, -0.25) is 0 Å². The lowest BCUT2D eigenvalue weighted by molar-refractivity contribution is 0.383. The maximum absolute atomic E-state index is 13.1. The van der Waals surface area contributed by atoms with Crippen LogP contribution in [0.1, 0.15) is 11.4 Å². The number of hydrogen-bond acceptors (Lipinski definition) is 6. The van der Waals surface area contributed by atoms with Crippen LogP contribution in [0.2, 0.25) is 5.02 Å². The summed E-state index contributed by atoms with van der Waals surface area (Å²) < 4.78 is 29.3. The molecule has 4 rings (SSSR count). The molecule has 29 heavy (non-hydrogen) atoms. The van der Waals surface area contributed by atoms with E-state index in [-0.39, 0.29) is 4.90 Å². The van der Waals surface area contributed by atoms with Crippen molar-refractivity contribution in [3.8, 4) is 5.82 Å². The van der Waals surface area contributed by atoms with Crippen molar-refractivity contribution in [1.29, 1.82) is 0 Å². The fourth-order valence-corrected chi connectivity index (χ4v) is 5.28. The van der Waals surface area contributed by atoms with Gasteiger partial charge in [-0.1, -0.05) is 17.7 Å². The Morgan fingerprint density at radius 2 is 1.72 bits per heavy atom. The van der Waals surface area contributed by atoms with Crippen molar-refractivity contribution >= 4 is 27.4 Å². The predicted molar refractivity (Wildman–Crippen MR) is 111 cm³/mol. The molecule has 10 heteroatoms. The summed E-state index contributed by atoms with van der Waals surface area (Å²) >= 11 is 6.12. The first-order chi connectivity index (χ1) is 13.9. The molecule has 1 saturated heterocycles. The van der Waals surface area contributed by atoms with Gasteiger partial charge in [0.15, 0.2) is 5.82 Å². The second-order valence-electron chi connectivity index (χ2n) is 6.84. The summed E-state index contributed by atoms with van der Waals surface area (Å²) in [6.45, 7) is 5.37. The third kappa shape index (κ3) is 3.85. The number of hydrogen-bond donors (Lipinski definition) is 0. The molecule has 0 atom stereocenters. The molecule has 0 bridgehead atoms. The maximum Gasteiger partial charge on any atom is 0.243 e. The normalized spacial score (nSPS) is 15.6. The van der Waals surface area contributed by atoms with Crippen LogP contribution in [0.15, 0.2) is 47.6 Å². The quantitative estimate of drug-likeness (QED) is 0.629. The van der Waals surface area contributed by atoms with Crippen molar-refractivity contribution in [2.45, 2.75) is 18.7 Å². The summed E-state index contributed by atoms with van der Waals surface area (Å²) in [5.41, 5.74) is 0.576. The molecular weight excluding hydrogens is 412 g/mol. The Labute approximate surface area is 174 Å². The van der Waals surface area contributed by atoms with Crippen LogP contribution in [0.4, 0.5) is 5.82 Å². The van der Waals surface area contributed by atoms with E-state index in [2.05, 4.69) is 20.0 Å². The van der Waals surface area contributed by atoms with Crippen LogP contribution in [-0.4, -0.2) is 58.7 Å². The number of benzene rings is 1. The monoisotopic (exact) mass is 432 g/mol. The Morgan fingerprint density at radius 1 is 1.00 bits per heavy atom. The van der Waals surface area contributed by atoms with Gasteiger partial charge >= 0.3 is 0 Å². The van der Waals surface area contributed by atoms with Crippen LogP contribution in [0, 0.1) is 13.8 Å². The van der Waals surface area contributed by atoms with Crippen LogP contribution in [-0.2, 0) is 10.0 Å². The van der Waals surface area contributed by atoms with Crippen LogP contribution in [0.25, 0.3) is 5.82 Å². The molecule has 3 heterocycles. The molecule has 3 aromatic rings. The van der Waals surface area contributed by atoms with E-state index >= 15 is 0 Å². The molecule has 0 spiro atoms. The molecular formula is C19H21ClN6O2S. The summed E-state index contributed by atoms with van der Waals surface area (Å²) in [6, 6.07) is 8.67. The van der Waals surface area contributed by atoms with Crippen molar-refractivity contribution in [3.63, 3.8) is 0 Å². The molecule has 1 fully saturated rings. The van der Waals surface area contributed by atoms with Gasteiger partial charge in [-0.2, -0.15) is 9.40 Å². The van der Waals surface area contributed by atoms with Crippen molar-refractivity contribution in [1.82, 2.24) is 24.1 Å². The molecule has 0 unspecified atom stereocenters. The zero-order valence-corrected chi connectivity index (χ0v) is 17.7. The summed E-state index contributed by atoms with van der Waals surface area (Å²) in [7, 11) is -3.60. The minimum atomic E-state index is -3.60. The average molecular weight is 433 g/mol. The first-order valence-corrected chi connectivity index (χ1v) is 11.0. The molecule has 1 aromatic carbocycles. The van der Waals surface area contributed by atoms with Crippen molar-refractivity contribution < 1.29 is 8.42 Å². The summed E-state index contributed by atoms with van der Waals surface area (Å²) in [4.78, 5) is 11.3. The topological polar surface area (TPSA) is 84.2 Å². The highest BCUT2D eigenvalue weighted by Gasteiger charge is 2.30. The minimum Gasteiger partial charge on any atom is -0.354 e. The molecule has 1 aliphatic rings. The smallest absolute Gasteiger partial charge is 0.243 e. The zero-order valence-electron chi connectivity index (χ0n) is 16.2. The zero-order chi connectivity index (χ0) is 20.6. The van der Waals surface area contributed by atoms with Crippen molar-refractivity contribution in [2.75, 3.05) is 31.1 Å². The van der Waals surface area contributed by atoms with Crippen LogP contribution in [0.3, 0.4) is 0 Å². The molecule has 0 aliphatic carbocycles. The first-order valence-electron chi connectivity index (χ1n) is 9.22. The van der Waals surface area contributed by atoms with Crippen molar-refractivity contribution in [2.24, 2.45) is 0 Å². The SMILES string of the molecule is Cc1nc(N2CCN(S(=O)(=O)c3cccc(Cl)c3C)CC2)cc(-n2cccn2)n1. The molecule has 0 radical (unpaired) electrons. The number of sulfonamides is 1. The lowest BCUT2D eigenvalue weighted by atomic mass is 10.2. The maximum atomic E-state index is 13.1. The van der Waals surface area contributed by atoms with E-state index in [1.165, 1.54) is 4.31 Å². The van der Waals surface area contributed by atoms with E-state index in [9.17, 15) is 8.42 Å². The fourth-order valence-electron chi connectivity index (χ4n) is 3.38. The Morgan fingerprint density at radius 3 is 2.41 bits per heavy atom. The van der Waals surface area contributed by atoms with Gasteiger partial charge in [0.2, 0.25) is 10.0 Å². The molecule has 1 aliphatic heterocycles. The molecule has 8 nitrogen and oxygen atoms in total. The Bertz CT molecular complexity index is 1130. The summed E-state index contributed by atoms with van der Waals surface area (Å²) in [5.74, 6) is 2.08. The van der Waals surface area contributed by atoms with Gasteiger partial charge in [0.25, 0.3) is 0 Å². The van der Waals surface area contributed by atoms with Gasteiger partial charge < -0.3 is 4.90 Å². The third-order valence-corrected chi connectivity index (χ3v) is 7.40. The highest BCUT2D eigenvalue weighted by atomic mass is 35.5. The molecule has 0 amide bonds. The Kier molecular flexibility index (Phi) is 5.28. The number of halogens is 1. The predicted octanol–water partition coefficient (Wildman–Crippen LogP) is 2.44.